The molecule has 1 fully saturated rings. The molecule has 4 N–H and O–H groups in total. The molecule has 1 amide bonds. The number of nitrogens with one attached hydrogen (secondary N) is 3. The van der Waals surface area contributed by atoms with Gasteiger partial charge in [-0.25, -0.2) is 4.39 Å². The predicted molar refractivity (Wildman–Crippen MR) is 165 cm³/mol. The van der Waals surface area contributed by atoms with Crippen LogP contribution in [0.5, 0.6) is 5.75 Å². The Morgan fingerprint density at radius 3 is 2.58 bits per heavy atom. The number of aromatic hydroxyl groups is 1. The zero-order valence-electron chi connectivity index (χ0n) is 22.5. The zero-order chi connectivity index (χ0) is 28.5. The van der Waals surface area contributed by atoms with Crippen LogP contribution in [-0.4, -0.2) is 59.2 Å². The quantitative estimate of drug-likeness (QED) is 0.142. The number of carbonyl (C=O) groups is 2. The van der Waals surface area contributed by atoms with Crippen molar-refractivity contribution in [2.45, 2.75) is 43.0 Å². The Kier molecular flexibility index (Phi) is 10.9. The lowest BCUT2D eigenvalue weighted by Gasteiger charge is -2.20. The molecule has 3 atom stereocenters. The Morgan fingerprint density at radius 2 is 1.88 bits per heavy atom. The van der Waals surface area contributed by atoms with Crippen molar-refractivity contribution >= 4 is 41.8 Å². The van der Waals surface area contributed by atoms with E-state index in [1.165, 1.54) is 18.2 Å². The van der Waals surface area contributed by atoms with Gasteiger partial charge >= 0.3 is 0 Å². The number of hydrogen-bond donors (Lipinski definition) is 5. The molecule has 1 aliphatic rings. The highest BCUT2D eigenvalue weighted by atomic mass is 32.2. The van der Waals surface area contributed by atoms with Gasteiger partial charge in [0.05, 0.1) is 11.6 Å². The maximum Gasteiger partial charge on any atom is 0.252 e. The van der Waals surface area contributed by atoms with Gasteiger partial charge in [0.15, 0.2) is 5.78 Å². The first-order chi connectivity index (χ1) is 19.3. The van der Waals surface area contributed by atoms with Crippen LogP contribution in [0.4, 0.5) is 10.1 Å². The molecule has 3 aromatic rings. The largest absolute Gasteiger partial charge is 0.507 e. The molecule has 212 valence electrons. The van der Waals surface area contributed by atoms with Crippen molar-refractivity contribution in [1.82, 2.24) is 10.6 Å². The smallest absolute Gasteiger partial charge is 0.252 e. The highest BCUT2D eigenvalue weighted by molar-refractivity contribution is 7.98. The molecule has 1 saturated heterocycles. The Labute approximate surface area is 244 Å². The predicted octanol–water partition coefficient (Wildman–Crippen LogP) is 5.12. The number of phenolic OH excluding ortho intramolecular Hbond substituents is 1. The molecule has 0 radical (unpaired) electrons. The van der Waals surface area contributed by atoms with Crippen molar-refractivity contribution in [2.75, 3.05) is 30.4 Å². The van der Waals surface area contributed by atoms with Crippen LogP contribution >= 0.6 is 24.4 Å². The van der Waals surface area contributed by atoms with Crippen LogP contribution in [0.3, 0.4) is 0 Å². The molecule has 1 aliphatic heterocycles. The molecule has 6 nitrogen and oxygen atoms in total. The van der Waals surface area contributed by atoms with Crippen LogP contribution in [0.15, 0.2) is 66.7 Å². The number of aryl methyl sites for hydroxylation is 2. The van der Waals surface area contributed by atoms with Crippen LogP contribution < -0.4 is 16.0 Å². The fourth-order valence-corrected chi connectivity index (χ4v) is 5.68. The molecule has 0 unspecified atom stereocenters. The first-order valence-corrected chi connectivity index (χ1v) is 15.4. The molecule has 0 spiro atoms. The van der Waals surface area contributed by atoms with E-state index in [1.807, 2.05) is 24.5 Å². The van der Waals surface area contributed by atoms with Crippen molar-refractivity contribution in [3.05, 3.63) is 94.8 Å². The lowest BCUT2D eigenvalue weighted by molar-refractivity contribution is 0.0853. The lowest BCUT2D eigenvalue weighted by Crippen LogP contribution is -2.41. The van der Waals surface area contributed by atoms with Gasteiger partial charge < -0.3 is 21.1 Å². The van der Waals surface area contributed by atoms with Crippen molar-refractivity contribution < 1.29 is 19.1 Å². The topological polar surface area (TPSA) is 90.5 Å². The fourth-order valence-electron chi connectivity index (χ4n) is 4.85. The number of amides is 1. The standard InChI is InChI=1S/C31H36FN3O3S2/c1-40-15-14-28(30(37)26-4-2-3-5-29(26)36)35-31(38)27-17-23(33-18-24-16-25(39)19-34-24)13-10-21(27)9-6-20-7-11-22(32)12-8-20/h2-5,7-8,10-13,17,24-25,28,33-34,36,39H,6,9,14-16,18-19H2,1H3,(H,35,38)/t24-,25-,28-/m0/s1. The maximum absolute atomic E-state index is 13.7. The van der Waals surface area contributed by atoms with Gasteiger partial charge in [-0.2, -0.15) is 24.4 Å². The molecule has 0 saturated carbocycles. The third-order valence-electron chi connectivity index (χ3n) is 7.10. The second kappa shape index (κ2) is 14.6. The number of para-hydroxylation sites is 1. The average Bonchev–Trinajstić information content (AvgIpc) is 3.38. The minimum atomic E-state index is -0.787. The second-order valence-corrected chi connectivity index (χ2v) is 11.8. The average molecular weight is 582 g/mol. The zero-order valence-corrected chi connectivity index (χ0v) is 24.2. The molecular formula is C31H36FN3O3S2. The number of anilines is 1. The lowest BCUT2D eigenvalue weighted by atomic mass is 9.97. The Hall–Kier alpha value is -3.01. The first-order valence-electron chi connectivity index (χ1n) is 13.5. The summed E-state index contributed by atoms with van der Waals surface area (Å²) in [5, 5.41) is 20.4. The summed E-state index contributed by atoms with van der Waals surface area (Å²) < 4.78 is 13.4. The van der Waals surface area contributed by atoms with E-state index in [0.29, 0.717) is 48.4 Å². The highest BCUT2D eigenvalue weighted by Gasteiger charge is 2.26. The summed E-state index contributed by atoms with van der Waals surface area (Å²) in [7, 11) is 0. The summed E-state index contributed by atoms with van der Waals surface area (Å²) in [6, 6.07) is 18.0. The van der Waals surface area contributed by atoms with E-state index in [2.05, 4.69) is 28.6 Å². The molecule has 1 heterocycles. The number of phenols is 1. The fraction of sp³-hybridized carbons (Fsp3) is 0.355. The Morgan fingerprint density at radius 1 is 1.10 bits per heavy atom. The number of thioether (sulfide) groups is 1. The normalized spacial score (nSPS) is 17.4. The van der Waals surface area contributed by atoms with E-state index in [1.54, 1.807) is 42.1 Å². The monoisotopic (exact) mass is 581 g/mol. The molecule has 4 rings (SSSR count). The van der Waals surface area contributed by atoms with Crippen molar-refractivity contribution in [2.24, 2.45) is 0 Å². The first kappa shape index (κ1) is 30.0. The Balaban J connectivity index is 1.56. The summed E-state index contributed by atoms with van der Waals surface area (Å²) in [6.45, 7) is 1.57. The summed E-state index contributed by atoms with van der Waals surface area (Å²) in [4.78, 5) is 27.1. The minimum Gasteiger partial charge on any atom is -0.507 e. The third-order valence-corrected chi connectivity index (χ3v) is 8.14. The number of carbonyl (C=O) groups excluding carboxylic acids is 2. The Bertz CT molecular complexity index is 1310. The molecule has 0 bridgehead atoms. The summed E-state index contributed by atoms with van der Waals surface area (Å²) in [6.07, 6.45) is 4.55. The molecule has 0 aromatic heterocycles. The van der Waals surface area contributed by atoms with Crippen LogP contribution in [0.2, 0.25) is 0 Å². The van der Waals surface area contributed by atoms with Crippen LogP contribution in [0.25, 0.3) is 0 Å². The van der Waals surface area contributed by atoms with E-state index >= 15 is 0 Å². The number of thiol groups is 1. The third kappa shape index (κ3) is 8.25. The van der Waals surface area contributed by atoms with Gasteiger partial charge in [0.25, 0.3) is 5.91 Å². The second-order valence-electron chi connectivity index (χ2n) is 10.1. The summed E-state index contributed by atoms with van der Waals surface area (Å²) >= 11 is 6.13. The minimum absolute atomic E-state index is 0.106. The van der Waals surface area contributed by atoms with E-state index in [4.69, 9.17) is 0 Å². The molecule has 40 heavy (non-hydrogen) atoms. The van der Waals surface area contributed by atoms with Crippen LogP contribution in [-0.2, 0) is 12.8 Å². The van der Waals surface area contributed by atoms with Gasteiger partial charge in [-0.1, -0.05) is 30.3 Å². The van der Waals surface area contributed by atoms with E-state index in [0.717, 1.165) is 29.8 Å². The van der Waals surface area contributed by atoms with Crippen molar-refractivity contribution in [3.8, 4) is 5.75 Å². The van der Waals surface area contributed by atoms with Gasteiger partial charge in [-0.15, -0.1) is 0 Å². The number of hydrogen-bond acceptors (Lipinski definition) is 7. The number of Topliss-reactive ketones (excluding diaryl/α,β-unsaturated/α-hetero) is 1. The molecule has 0 aliphatic carbocycles. The van der Waals surface area contributed by atoms with E-state index < -0.39 is 6.04 Å². The van der Waals surface area contributed by atoms with E-state index in [9.17, 15) is 19.1 Å². The number of halogens is 1. The van der Waals surface area contributed by atoms with Gasteiger partial charge in [0.2, 0.25) is 0 Å². The van der Waals surface area contributed by atoms with Crippen molar-refractivity contribution in [3.63, 3.8) is 0 Å². The van der Waals surface area contributed by atoms with Gasteiger partial charge in [-0.05, 0) is 85.2 Å². The summed E-state index contributed by atoms with van der Waals surface area (Å²) in [5.41, 5.74) is 3.29. The maximum atomic E-state index is 13.7. The number of rotatable bonds is 13. The number of ketones is 1. The SMILES string of the molecule is CSCC[C@H](NC(=O)c1cc(NC[C@@H]2C[C@H](S)CN2)ccc1CCc1ccc(F)cc1)C(=O)c1ccccc1O. The van der Waals surface area contributed by atoms with Crippen LogP contribution in [0.1, 0.15) is 44.7 Å². The molecule has 3 aromatic carbocycles. The summed E-state index contributed by atoms with van der Waals surface area (Å²) in [5.74, 6) is -0.390. The molecule has 9 heteroatoms. The van der Waals surface area contributed by atoms with Gasteiger partial charge in [0.1, 0.15) is 11.6 Å². The van der Waals surface area contributed by atoms with Crippen molar-refractivity contribution in [1.29, 1.82) is 0 Å². The van der Waals surface area contributed by atoms with Gasteiger partial charge in [0, 0.05) is 35.6 Å². The van der Waals surface area contributed by atoms with Crippen LogP contribution in [0, 0.1) is 5.82 Å². The van der Waals surface area contributed by atoms with E-state index in [-0.39, 0.29) is 28.8 Å². The van der Waals surface area contributed by atoms with Gasteiger partial charge in [-0.3, -0.25) is 9.59 Å². The highest BCUT2D eigenvalue weighted by Crippen LogP contribution is 2.22. The number of benzene rings is 3. The molecular weight excluding hydrogens is 545 g/mol.